The Hall–Kier alpha value is -1.86. The maximum Gasteiger partial charge on any atom is 0.195 e. The van der Waals surface area contributed by atoms with Crippen molar-refractivity contribution in [1.82, 2.24) is 5.32 Å². The number of benzene rings is 1. The zero-order valence-corrected chi connectivity index (χ0v) is 12.9. The van der Waals surface area contributed by atoms with Crippen LogP contribution in [0.3, 0.4) is 0 Å². The van der Waals surface area contributed by atoms with E-state index in [4.69, 9.17) is 11.5 Å². The molecular weight excluding hydrogens is 288 g/mol. The lowest BCUT2D eigenvalue weighted by Crippen LogP contribution is -2.46. The van der Waals surface area contributed by atoms with Gasteiger partial charge in [-0.15, -0.1) is 0 Å². The fraction of sp³-hybridized carbons (Fsp3) is 0.357. The summed E-state index contributed by atoms with van der Waals surface area (Å²) >= 11 is 0. The van der Waals surface area contributed by atoms with E-state index in [-0.39, 0.29) is 10.9 Å². The molecular formula is C14H20N4O2S. The number of hydrogen-bond acceptors (Lipinski definition) is 6. The standard InChI is InChI=1S/C14H20N4O2S/c1-3-8-14(16)9-12(17-13(15)18-14)10-4-6-11(7-5-10)21(2,19)20/h4-7,9H,3,8,16H2,1-2H3,(H3,15,17,18). The highest BCUT2D eigenvalue weighted by Gasteiger charge is 2.26. The SMILES string of the molecule is CCCC1(N)C=C(c2ccc(S(C)(=O)=O)cc2)NC(N)=N1. The molecule has 0 amide bonds. The normalized spacial score (nSPS) is 22.2. The molecule has 21 heavy (non-hydrogen) atoms. The average molecular weight is 308 g/mol. The van der Waals surface area contributed by atoms with Crippen LogP contribution in [0.15, 0.2) is 40.2 Å². The van der Waals surface area contributed by atoms with Gasteiger partial charge in [-0.1, -0.05) is 25.5 Å². The zero-order chi connectivity index (χ0) is 15.7. The number of guanidine groups is 1. The van der Waals surface area contributed by atoms with E-state index in [1.807, 2.05) is 13.0 Å². The van der Waals surface area contributed by atoms with Gasteiger partial charge in [0.1, 0.15) is 5.66 Å². The van der Waals surface area contributed by atoms with Crippen molar-refractivity contribution in [2.24, 2.45) is 16.5 Å². The van der Waals surface area contributed by atoms with Gasteiger partial charge in [0, 0.05) is 12.0 Å². The summed E-state index contributed by atoms with van der Waals surface area (Å²) in [4.78, 5) is 4.50. The number of sulfone groups is 1. The number of rotatable bonds is 4. The summed E-state index contributed by atoms with van der Waals surface area (Å²) in [6.07, 6.45) is 4.56. The predicted octanol–water partition coefficient (Wildman–Crippen LogP) is 0.804. The Bertz CT molecular complexity index is 692. The van der Waals surface area contributed by atoms with Crippen LogP contribution in [0.25, 0.3) is 5.70 Å². The number of hydrogen-bond donors (Lipinski definition) is 3. The molecule has 0 aliphatic carbocycles. The van der Waals surface area contributed by atoms with Crippen LogP contribution < -0.4 is 16.8 Å². The van der Waals surface area contributed by atoms with Gasteiger partial charge in [0.15, 0.2) is 15.8 Å². The van der Waals surface area contributed by atoms with Crippen molar-refractivity contribution >= 4 is 21.5 Å². The first-order valence-electron chi connectivity index (χ1n) is 6.68. The smallest absolute Gasteiger partial charge is 0.195 e. The molecule has 0 radical (unpaired) electrons. The van der Waals surface area contributed by atoms with Crippen molar-refractivity contribution in [3.8, 4) is 0 Å². The molecule has 6 nitrogen and oxygen atoms in total. The highest BCUT2D eigenvalue weighted by atomic mass is 32.2. The Balaban J connectivity index is 2.36. The largest absolute Gasteiger partial charge is 0.370 e. The van der Waals surface area contributed by atoms with Crippen molar-refractivity contribution in [2.45, 2.75) is 30.3 Å². The van der Waals surface area contributed by atoms with Gasteiger partial charge in [0.25, 0.3) is 0 Å². The second kappa shape index (κ2) is 5.50. The third-order valence-corrected chi connectivity index (χ3v) is 4.36. The zero-order valence-electron chi connectivity index (χ0n) is 12.1. The van der Waals surface area contributed by atoms with Crippen LogP contribution in [0.4, 0.5) is 0 Å². The summed E-state index contributed by atoms with van der Waals surface area (Å²) in [6.45, 7) is 2.02. The third kappa shape index (κ3) is 3.62. The number of nitrogens with zero attached hydrogens (tertiary/aromatic N) is 1. The van der Waals surface area contributed by atoms with E-state index in [0.29, 0.717) is 6.42 Å². The maximum atomic E-state index is 11.5. The summed E-state index contributed by atoms with van der Waals surface area (Å²) in [5, 5.41) is 2.96. The second-order valence-electron chi connectivity index (χ2n) is 5.22. The molecule has 0 bridgehead atoms. The van der Waals surface area contributed by atoms with E-state index in [1.165, 1.54) is 6.26 Å². The minimum absolute atomic E-state index is 0.260. The van der Waals surface area contributed by atoms with Gasteiger partial charge in [-0.25, -0.2) is 13.4 Å². The molecule has 0 saturated carbocycles. The fourth-order valence-electron chi connectivity index (χ4n) is 2.27. The molecule has 0 saturated heterocycles. The molecule has 0 aromatic heterocycles. The van der Waals surface area contributed by atoms with Crippen LogP contribution >= 0.6 is 0 Å². The fourth-order valence-corrected chi connectivity index (χ4v) is 2.90. The topological polar surface area (TPSA) is 111 Å². The summed E-state index contributed by atoms with van der Waals surface area (Å²) < 4.78 is 22.9. The molecule has 1 unspecified atom stereocenters. The van der Waals surface area contributed by atoms with Gasteiger partial charge >= 0.3 is 0 Å². The lowest BCUT2D eigenvalue weighted by molar-refractivity contribution is 0.496. The molecule has 1 aliphatic rings. The molecule has 5 N–H and O–H groups in total. The van der Waals surface area contributed by atoms with Crippen molar-refractivity contribution < 1.29 is 8.42 Å². The Kier molecular flexibility index (Phi) is 4.06. The molecule has 7 heteroatoms. The first kappa shape index (κ1) is 15.5. The minimum atomic E-state index is -3.21. The van der Waals surface area contributed by atoms with Crippen LogP contribution in [0.2, 0.25) is 0 Å². The van der Waals surface area contributed by atoms with Crippen molar-refractivity contribution in [2.75, 3.05) is 6.26 Å². The summed E-state index contributed by atoms with van der Waals surface area (Å²) in [6, 6.07) is 6.57. The van der Waals surface area contributed by atoms with E-state index in [2.05, 4.69) is 10.3 Å². The van der Waals surface area contributed by atoms with E-state index < -0.39 is 15.5 Å². The Labute approximate surface area is 124 Å². The van der Waals surface area contributed by atoms with E-state index in [9.17, 15) is 8.42 Å². The molecule has 1 aliphatic heterocycles. The van der Waals surface area contributed by atoms with Crippen molar-refractivity contribution in [3.05, 3.63) is 35.9 Å². The lowest BCUT2D eigenvalue weighted by atomic mass is 10.0. The predicted molar refractivity (Wildman–Crippen MR) is 84.1 cm³/mol. The van der Waals surface area contributed by atoms with Gasteiger partial charge in [-0.2, -0.15) is 0 Å². The van der Waals surface area contributed by atoms with Crippen LogP contribution in [0.1, 0.15) is 25.3 Å². The lowest BCUT2D eigenvalue weighted by Gasteiger charge is -2.28. The second-order valence-corrected chi connectivity index (χ2v) is 7.23. The quantitative estimate of drug-likeness (QED) is 0.762. The number of aliphatic imine (C=N–C) groups is 1. The van der Waals surface area contributed by atoms with Crippen LogP contribution in [-0.4, -0.2) is 26.3 Å². The average Bonchev–Trinajstić information content (AvgIpc) is 2.36. The van der Waals surface area contributed by atoms with Gasteiger partial charge in [0.05, 0.1) is 4.90 Å². The summed E-state index contributed by atoms with van der Waals surface area (Å²) in [5.41, 5.74) is 12.7. The van der Waals surface area contributed by atoms with Gasteiger partial charge in [-0.3, -0.25) is 0 Å². The van der Waals surface area contributed by atoms with Crippen molar-refractivity contribution in [3.63, 3.8) is 0 Å². The number of nitrogens with one attached hydrogen (secondary N) is 1. The Morgan fingerprint density at radius 3 is 2.43 bits per heavy atom. The molecule has 0 spiro atoms. The maximum absolute atomic E-state index is 11.5. The highest BCUT2D eigenvalue weighted by molar-refractivity contribution is 7.90. The molecule has 1 aromatic carbocycles. The van der Waals surface area contributed by atoms with E-state index in [1.54, 1.807) is 24.3 Å². The van der Waals surface area contributed by atoms with E-state index >= 15 is 0 Å². The highest BCUT2D eigenvalue weighted by Crippen LogP contribution is 2.24. The third-order valence-electron chi connectivity index (χ3n) is 3.23. The van der Waals surface area contributed by atoms with Crippen LogP contribution in [0, 0.1) is 0 Å². The minimum Gasteiger partial charge on any atom is -0.370 e. The van der Waals surface area contributed by atoms with Crippen molar-refractivity contribution in [1.29, 1.82) is 0 Å². The molecule has 2 rings (SSSR count). The van der Waals surface area contributed by atoms with Crippen LogP contribution in [0.5, 0.6) is 0 Å². The molecule has 114 valence electrons. The Morgan fingerprint density at radius 1 is 1.29 bits per heavy atom. The van der Waals surface area contributed by atoms with E-state index in [0.717, 1.165) is 17.7 Å². The first-order chi connectivity index (χ1) is 9.73. The van der Waals surface area contributed by atoms with Crippen LogP contribution in [-0.2, 0) is 9.84 Å². The first-order valence-corrected chi connectivity index (χ1v) is 8.57. The molecule has 0 fully saturated rings. The molecule has 1 atom stereocenters. The monoisotopic (exact) mass is 308 g/mol. The van der Waals surface area contributed by atoms with Gasteiger partial charge in [-0.05, 0) is 30.2 Å². The number of nitrogens with two attached hydrogens (primary N) is 2. The molecule has 1 aromatic rings. The van der Waals surface area contributed by atoms with Gasteiger partial charge < -0.3 is 16.8 Å². The van der Waals surface area contributed by atoms with Gasteiger partial charge in [0.2, 0.25) is 0 Å². The summed E-state index contributed by atoms with van der Waals surface area (Å²) in [7, 11) is -3.21. The molecule has 1 heterocycles. The Morgan fingerprint density at radius 2 is 1.90 bits per heavy atom. The summed E-state index contributed by atoms with van der Waals surface area (Å²) in [5.74, 6) is 0.260.